The number of furan rings is 1. The third kappa shape index (κ3) is 2.36. The van der Waals surface area contributed by atoms with E-state index in [9.17, 15) is 4.79 Å². The standard InChI is InChI=1S/C17H17N5O2/c1-9-18-15-8-14(20-17(23)11-4-5-11)19-16(22(15)21-9)13-7-6-12(24-13)10-2-3-10/h6-8,10-11H,2-5H2,1H3,(H,20,23). The summed E-state index contributed by atoms with van der Waals surface area (Å²) in [6.45, 7) is 1.83. The summed E-state index contributed by atoms with van der Waals surface area (Å²) in [7, 11) is 0. The Balaban J connectivity index is 1.59. The zero-order chi connectivity index (χ0) is 16.3. The number of carbonyl (C=O) groups excluding carboxylic acids is 1. The average Bonchev–Trinajstić information content (AvgIpc) is 3.48. The van der Waals surface area contributed by atoms with Crippen LogP contribution in [0.4, 0.5) is 5.82 Å². The lowest BCUT2D eigenvalue weighted by molar-refractivity contribution is -0.117. The largest absolute Gasteiger partial charge is 0.457 e. The summed E-state index contributed by atoms with van der Waals surface area (Å²) < 4.78 is 7.63. The molecule has 2 saturated carbocycles. The summed E-state index contributed by atoms with van der Waals surface area (Å²) >= 11 is 0. The van der Waals surface area contributed by atoms with Crippen molar-refractivity contribution in [3.8, 4) is 11.6 Å². The number of nitrogens with one attached hydrogen (secondary N) is 1. The molecule has 0 spiro atoms. The lowest BCUT2D eigenvalue weighted by atomic mass is 10.3. The first kappa shape index (κ1) is 13.7. The topological polar surface area (TPSA) is 85.3 Å². The maximum atomic E-state index is 12.0. The summed E-state index contributed by atoms with van der Waals surface area (Å²) in [5.41, 5.74) is 0.646. The third-order valence-electron chi connectivity index (χ3n) is 4.46. The van der Waals surface area contributed by atoms with Crippen LogP contribution in [0.5, 0.6) is 0 Å². The minimum atomic E-state index is 0.0205. The fraction of sp³-hybridized carbons (Fsp3) is 0.412. The van der Waals surface area contributed by atoms with Gasteiger partial charge in [-0.05, 0) is 44.7 Å². The van der Waals surface area contributed by atoms with Crippen molar-refractivity contribution in [3.63, 3.8) is 0 Å². The number of hydrogen-bond acceptors (Lipinski definition) is 5. The summed E-state index contributed by atoms with van der Waals surface area (Å²) in [5, 5.41) is 7.28. The van der Waals surface area contributed by atoms with Crippen LogP contribution in [-0.2, 0) is 4.79 Å². The van der Waals surface area contributed by atoms with Crippen molar-refractivity contribution in [3.05, 3.63) is 29.8 Å². The predicted octanol–water partition coefficient (Wildman–Crippen LogP) is 2.92. The van der Waals surface area contributed by atoms with E-state index in [4.69, 9.17) is 4.42 Å². The van der Waals surface area contributed by atoms with E-state index in [0.717, 1.165) is 18.6 Å². The summed E-state index contributed by atoms with van der Waals surface area (Å²) in [5.74, 6) is 4.02. The number of amides is 1. The molecule has 0 bridgehead atoms. The molecule has 2 fully saturated rings. The molecular weight excluding hydrogens is 306 g/mol. The minimum Gasteiger partial charge on any atom is -0.457 e. The van der Waals surface area contributed by atoms with Crippen LogP contribution in [-0.4, -0.2) is 25.5 Å². The molecule has 24 heavy (non-hydrogen) atoms. The Bertz CT molecular complexity index is 949. The molecule has 1 amide bonds. The molecule has 7 heteroatoms. The van der Waals surface area contributed by atoms with Crippen molar-refractivity contribution in [1.82, 2.24) is 19.6 Å². The van der Waals surface area contributed by atoms with Crippen LogP contribution in [0.2, 0.25) is 0 Å². The van der Waals surface area contributed by atoms with Crippen LogP contribution >= 0.6 is 0 Å². The van der Waals surface area contributed by atoms with Gasteiger partial charge < -0.3 is 9.73 Å². The SMILES string of the molecule is Cc1nc2cc(NC(=O)C3CC3)nc(-c3ccc(C4CC4)o3)n2n1. The summed E-state index contributed by atoms with van der Waals surface area (Å²) in [6, 6.07) is 5.66. The molecule has 1 N–H and O–H groups in total. The molecule has 3 heterocycles. The van der Waals surface area contributed by atoms with E-state index in [2.05, 4.69) is 20.4 Å². The number of fused-ring (bicyclic) bond motifs is 1. The molecule has 0 radical (unpaired) electrons. The van der Waals surface area contributed by atoms with Gasteiger partial charge in [0.25, 0.3) is 0 Å². The summed E-state index contributed by atoms with van der Waals surface area (Å²) in [6.07, 6.45) is 4.26. The van der Waals surface area contributed by atoms with Crippen LogP contribution in [0.3, 0.4) is 0 Å². The molecule has 5 rings (SSSR count). The molecule has 2 aliphatic carbocycles. The first-order chi connectivity index (χ1) is 11.7. The van der Waals surface area contributed by atoms with E-state index in [1.54, 1.807) is 10.6 Å². The van der Waals surface area contributed by atoms with Gasteiger partial charge in [-0.15, -0.1) is 5.10 Å². The van der Waals surface area contributed by atoms with E-state index in [1.807, 2.05) is 19.1 Å². The van der Waals surface area contributed by atoms with Crippen molar-refractivity contribution >= 4 is 17.4 Å². The zero-order valence-corrected chi connectivity index (χ0v) is 13.3. The molecule has 3 aromatic rings. The molecule has 0 saturated heterocycles. The maximum Gasteiger partial charge on any atom is 0.228 e. The van der Waals surface area contributed by atoms with Gasteiger partial charge >= 0.3 is 0 Å². The molecule has 0 atom stereocenters. The van der Waals surface area contributed by atoms with Gasteiger partial charge in [-0.25, -0.2) is 9.97 Å². The number of carbonyl (C=O) groups is 1. The minimum absolute atomic E-state index is 0.0205. The third-order valence-corrected chi connectivity index (χ3v) is 4.46. The predicted molar refractivity (Wildman–Crippen MR) is 86.5 cm³/mol. The second-order valence-electron chi connectivity index (χ2n) is 6.63. The lowest BCUT2D eigenvalue weighted by Crippen LogP contribution is -2.15. The number of aryl methyl sites for hydroxylation is 1. The van der Waals surface area contributed by atoms with Crippen molar-refractivity contribution < 1.29 is 9.21 Å². The first-order valence-corrected chi connectivity index (χ1v) is 8.33. The Morgan fingerprint density at radius 3 is 2.83 bits per heavy atom. The van der Waals surface area contributed by atoms with Crippen molar-refractivity contribution in [2.24, 2.45) is 5.92 Å². The van der Waals surface area contributed by atoms with Crippen LogP contribution in [0, 0.1) is 12.8 Å². The highest BCUT2D eigenvalue weighted by Gasteiger charge is 2.30. The Morgan fingerprint density at radius 1 is 1.25 bits per heavy atom. The van der Waals surface area contributed by atoms with Crippen molar-refractivity contribution in [2.45, 2.75) is 38.5 Å². The van der Waals surface area contributed by atoms with E-state index in [1.165, 1.54) is 12.8 Å². The molecule has 0 aliphatic heterocycles. The number of hydrogen-bond donors (Lipinski definition) is 1. The van der Waals surface area contributed by atoms with Crippen molar-refractivity contribution in [2.75, 3.05) is 5.32 Å². The molecule has 7 nitrogen and oxygen atoms in total. The second kappa shape index (κ2) is 4.90. The summed E-state index contributed by atoms with van der Waals surface area (Å²) in [4.78, 5) is 21.0. The van der Waals surface area contributed by atoms with E-state index < -0.39 is 0 Å². The molecule has 0 unspecified atom stereocenters. The van der Waals surface area contributed by atoms with E-state index >= 15 is 0 Å². The number of rotatable bonds is 4. The lowest BCUT2D eigenvalue weighted by Gasteiger charge is -2.06. The number of anilines is 1. The van der Waals surface area contributed by atoms with Crippen LogP contribution in [0.25, 0.3) is 17.2 Å². The smallest absolute Gasteiger partial charge is 0.228 e. The van der Waals surface area contributed by atoms with Crippen LogP contribution < -0.4 is 5.32 Å². The highest BCUT2D eigenvalue weighted by atomic mass is 16.3. The van der Waals surface area contributed by atoms with E-state index in [0.29, 0.717) is 34.8 Å². The van der Waals surface area contributed by atoms with Crippen molar-refractivity contribution in [1.29, 1.82) is 0 Å². The van der Waals surface area contributed by atoms with Gasteiger partial charge in [0.05, 0.1) is 0 Å². The fourth-order valence-corrected chi connectivity index (χ4v) is 2.85. The Labute approximate surface area is 138 Å². The normalized spacial score (nSPS) is 17.4. The fourth-order valence-electron chi connectivity index (χ4n) is 2.85. The van der Waals surface area contributed by atoms with E-state index in [-0.39, 0.29) is 11.8 Å². The number of aromatic nitrogens is 4. The van der Waals surface area contributed by atoms with Gasteiger partial charge in [0.1, 0.15) is 17.4 Å². The van der Waals surface area contributed by atoms with Gasteiger partial charge in [-0.2, -0.15) is 4.52 Å². The second-order valence-corrected chi connectivity index (χ2v) is 6.63. The van der Waals surface area contributed by atoms with Crippen LogP contribution in [0.1, 0.15) is 43.2 Å². The Morgan fingerprint density at radius 2 is 2.08 bits per heavy atom. The monoisotopic (exact) mass is 323 g/mol. The Kier molecular flexibility index (Phi) is 2.80. The van der Waals surface area contributed by atoms with Gasteiger partial charge in [0.2, 0.25) is 11.7 Å². The average molecular weight is 323 g/mol. The first-order valence-electron chi connectivity index (χ1n) is 8.33. The Hall–Kier alpha value is -2.70. The molecule has 2 aliphatic rings. The molecule has 3 aromatic heterocycles. The highest BCUT2D eigenvalue weighted by molar-refractivity contribution is 5.93. The van der Waals surface area contributed by atoms with Gasteiger partial charge in [0.15, 0.2) is 11.4 Å². The van der Waals surface area contributed by atoms with Gasteiger partial charge in [0, 0.05) is 17.9 Å². The van der Waals surface area contributed by atoms with Gasteiger partial charge in [-0.1, -0.05) is 0 Å². The molecule has 122 valence electrons. The molecular formula is C17H17N5O2. The molecule has 0 aromatic carbocycles. The van der Waals surface area contributed by atoms with Crippen LogP contribution in [0.15, 0.2) is 22.6 Å². The number of nitrogens with zero attached hydrogens (tertiary/aromatic N) is 4. The van der Waals surface area contributed by atoms with Gasteiger partial charge in [-0.3, -0.25) is 4.79 Å². The highest BCUT2D eigenvalue weighted by Crippen LogP contribution is 2.42. The maximum absolute atomic E-state index is 12.0. The zero-order valence-electron chi connectivity index (χ0n) is 13.3. The quantitative estimate of drug-likeness (QED) is 0.798.